The summed E-state index contributed by atoms with van der Waals surface area (Å²) in [6.07, 6.45) is 1.83. The van der Waals surface area contributed by atoms with E-state index in [1.54, 1.807) is 25.5 Å². The molecule has 3 aromatic carbocycles. The second-order valence-corrected chi connectivity index (χ2v) is 9.93. The van der Waals surface area contributed by atoms with E-state index in [-0.39, 0.29) is 12.2 Å². The predicted molar refractivity (Wildman–Crippen MR) is 151 cm³/mol. The van der Waals surface area contributed by atoms with E-state index in [0.29, 0.717) is 33.0 Å². The molecular weight excluding hydrogens is 512 g/mol. The minimum atomic E-state index is -0.689. The van der Waals surface area contributed by atoms with E-state index >= 15 is 0 Å². The lowest BCUT2D eigenvalue weighted by Crippen LogP contribution is -2.39. The molecule has 0 saturated carbocycles. The van der Waals surface area contributed by atoms with Crippen molar-refractivity contribution in [2.45, 2.75) is 26.5 Å². The molecule has 5 rings (SSSR count). The summed E-state index contributed by atoms with van der Waals surface area (Å²) in [6, 6.07) is 24.2. The average Bonchev–Trinajstić information content (AvgIpc) is 3.26. The Morgan fingerprint density at radius 2 is 1.79 bits per heavy atom. The Morgan fingerprint density at radius 1 is 1.03 bits per heavy atom. The summed E-state index contributed by atoms with van der Waals surface area (Å²) in [5, 5.41) is 0. The van der Waals surface area contributed by atoms with Crippen molar-refractivity contribution >= 4 is 23.4 Å². The molecule has 1 aliphatic heterocycles. The number of esters is 1. The molecule has 39 heavy (non-hydrogen) atoms. The van der Waals surface area contributed by atoms with Crippen molar-refractivity contribution < 1.29 is 19.0 Å². The summed E-state index contributed by atoms with van der Waals surface area (Å²) in [5.74, 6) is 0.874. The minimum absolute atomic E-state index is 0.218. The van der Waals surface area contributed by atoms with E-state index in [1.807, 2.05) is 84.9 Å². The van der Waals surface area contributed by atoms with Gasteiger partial charge in [0.1, 0.15) is 18.1 Å². The number of nitrogens with zero attached hydrogens (tertiary/aromatic N) is 2. The lowest BCUT2D eigenvalue weighted by molar-refractivity contribution is -0.139. The van der Waals surface area contributed by atoms with Gasteiger partial charge >= 0.3 is 5.97 Å². The molecule has 0 aliphatic carbocycles. The molecule has 4 aromatic rings. The largest absolute Gasteiger partial charge is 0.497 e. The third-order valence-electron chi connectivity index (χ3n) is 6.35. The lowest BCUT2D eigenvalue weighted by atomic mass is 9.95. The van der Waals surface area contributed by atoms with E-state index in [0.717, 1.165) is 22.4 Å². The summed E-state index contributed by atoms with van der Waals surface area (Å²) >= 11 is 1.29. The van der Waals surface area contributed by atoms with Crippen LogP contribution >= 0.6 is 11.3 Å². The van der Waals surface area contributed by atoms with Gasteiger partial charge in [0, 0.05) is 0 Å². The van der Waals surface area contributed by atoms with E-state index < -0.39 is 12.0 Å². The number of hydrogen-bond acceptors (Lipinski definition) is 7. The molecule has 0 fully saturated rings. The van der Waals surface area contributed by atoms with Crippen molar-refractivity contribution in [3.05, 3.63) is 127 Å². The summed E-state index contributed by atoms with van der Waals surface area (Å²) in [4.78, 5) is 32.0. The van der Waals surface area contributed by atoms with Crippen LogP contribution < -0.4 is 24.4 Å². The number of fused-ring (bicyclic) bond motifs is 1. The van der Waals surface area contributed by atoms with Crippen molar-refractivity contribution in [2.24, 2.45) is 4.99 Å². The maximum Gasteiger partial charge on any atom is 0.338 e. The van der Waals surface area contributed by atoms with Gasteiger partial charge in [0.2, 0.25) is 0 Å². The first kappa shape index (κ1) is 26.2. The zero-order valence-electron chi connectivity index (χ0n) is 21.9. The molecule has 1 atom stereocenters. The molecule has 8 heteroatoms. The van der Waals surface area contributed by atoms with E-state index in [9.17, 15) is 9.59 Å². The van der Waals surface area contributed by atoms with Gasteiger partial charge in [0.25, 0.3) is 5.56 Å². The van der Waals surface area contributed by atoms with E-state index in [4.69, 9.17) is 14.2 Å². The van der Waals surface area contributed by atoms with Crippen LogP contribution in [0.1, 0.15) is 36.6 Å². The van der Waals surface area contributed by atoms with E-state index in [2.05, 4.69) is 4.99 Å². The predicted octanol–water partition coefficient (Wildman–Crippen LogP) is 4.39. The second kappa shape index (κ2) is 11.5. The first-order chi connectivity index (χ1) is 19.0. The zero-order valence-corrected chi connectivity index (χ0v) is 22.7. The molecule has 1 unspecified atom stereocenters. The fourth-order valence-electron chi connectivity index (χ4n) is 4.47. The average molecular weight is 541 g/mol. The normalized spacial score (nSPS) is 14.9. The number of carbonyl (C=O) groups excluding carboxylic acids is 1. The Balaban J connectivity index is 1.52. The van der Waals surface area contributed by atoms with Crippen LogP contribution in [0.4, 0.5) is 0 Å². The Hall–Kier alpha value is -4.43. The number of carbonyl (C=O) groups is 1. The first-order valence-corrected chi connectivity index (χ1v) is 13.4. The van der Waals surface area contributed by atoms with Crippen molar-refractivity contribution in [3.63, 3.8) is 0 Å². The highest BCUT2D eigenvalue weighted by atomic mass is 32.1. The smallest absolute Gasteiger partial charge is 0.338 e. The summed E-state index contributed by atoms with van der Waals surface area (Å²) in [5.41, 5.74) is 3.31. The van der Waals surface area contributed by atoms with Crippen molar-refractivity contribution in [2.75, 3.05) is 13.7 Å². The van der Waals surface area contributed by atoms with E-state index in [1.165, 1.54) is 11.3 Å². The molecule has 0 saturated heterocycles. The molecule has 2 heterocycles. The summed E-state index contributed by atoms with van der Waals surface area (Å²) in [6.45, 7) is 4.22. The van der Waals surface area contributed by atoms with Crippen LogP contribution in [-0.2, 0) is 16.1 Å². The SMILES string of the molecule is CCOC(=O)C1=C(C)N=c2s/c(=C/c3ccc(OCc4ccccc4)cc3)c(=O)n2C1c1cccc(OC)c1. The van der Waals surface area contributed by atoms with Crippen LogP contribution in [0, 0.1) is 0 Å². The molecule has 1 aromatic heterocycles. The number of hydrogen-bond donors (Lipinski definition) is 0. The van der Waals surface area contributed by atoms with Crippen molar-refractivity contribution in [1.29, 1.82) is 0 Å². The second-order valence-electron chi connectivity index (χ2n) is 8.92. The summed E-state index contributed by atoms with van der Waals surface area (Å²) in [7, 11) is 1.58. The van der Waals surface area contributed by atoms with Gasteiger partial charge in [-0.2, -0.15) is 0 Å². The molecule has 0 spiro atoms. The van der Waals surface area contributed by atoms with Gasteiger partial charge < -0.3 is 14.2 Å². The molecule has 198 valence electrons. The van der Waals surface area contributed by atoms with Gasteiger partial charge in [-0.1, -0.05) is 65.9 Å². The number of rotatable bonds is 8. The van der Waals surface area contributed by atoms with Crippen LogP contribution in [0.25, 0.3) is 6.08 Å². The lowest BCUT2D eigenvalue weighted by Gasteiger charge is -2.25. The van der Waals surface area contributed by atoms with Gasteiger partial charge in [-0.25, -0.2) is 9.79 Å². The molecule has 7 nitrogen and oxygen atoms in total. The highest BCUT2D eigenvalue weighted by molar-refractivity contribution is 7.07. The Labute approximate surface area is 229 Å². The number of thiazole rings is 1. The van der Waals surface area contributed by atoms with Gasteiger partial charge in [0.15, 0.2) is 4.80 Å². The maximum atomic E-state index is 13.8. The molecule has 1 aliphatic rings. The standard InChI is InChI=1S/C31H28N2O5S/c1-4-37-30(35)27-20(2)32-31-33(28(27)23-11-8-12-25(18-23)36-3)29(34)26(39-31)17-21-13-15-24(16-14-21)38-19-22-9-6-5-7-10-22/h5-18,28H,4,19H2,1-3H3/b26-17+. The Kier molecular flexibility index (Phi) is 7.74. The van der Waals surface area contributed by atoms with Crippen LogP contribution in [0.15, 0.2) is 99.9 Å². The molecule has 0 bridgehead atoms. The van der Waals surface area contributed by atoms with Gasteiger partial charge in [0.05, 0.1) is 35.6 Å². The maximum absolute atomic E-state index is 13.8. The van der Waals surface area contributed by atoms with Gasteiger partial charge in [-0.3, -0.25) is 9.36 Å². The third kappa shape index (κ3) is 5.56. The molecule has 0 N–H and O–H groups in total. The monoisotopic (exact) mass is 540 g/mol. The number of allylic oxidation sites excluding steroid dienone is 1. The fourth-order valence-corrected chi connectivity index (χ4v) is 5.52. The summed E-state index contributed by atoms with van der Waals surface area (Å²) < 4.78 is 18.7. The number of benzene rings is 3. The number of methoxy groups -OCH3 is 1. The highest BCUT2D eigenvalue weighted by Crippen LogP contribution is 2.32. The topological polar surface area (TPSA) is 79.1 Å². The van der Waals surface area contributed by atoms with Crippen LogP contribution in [0.3, 0.4) is 0 Å². The number of aromatic nitrogens is 1. The van der Waals surface area contributed by atoms with Crippen LogP contribution in [0.5, 0.6) is 11.5 Å². The zero-order chi connectivity index (χ0) is 27.4. The fraction of sp³-hybridized carbons (Fsp3) is 0.194. The number of ether oxygens (including phenoxy) is 3. The molecule has 0 amide bonds. The van der Waals surface area contributed by atoms with Crippen LogP contribution in [-0.4, -0.2) is 24.3 Å². The third-order valence-corrected chi connectivity index (χ3v) is 7.34. The Morgan fingerprint density at radius 3 is 2.51 bits per heavy atom. The van der Waals surface area contributed by atoms with Crippen molar-refractivity contribution in [3.8, 4) is 11.5 Å². The quantitative estimate of drug-likeness (QED) is 0.310. The van der Waals surface area contributed by atoms with Crippen molar-refractivity contribution in [1.82, 2.24) is 4.57 Å². The molecular formula is C31H28N2O5S. The van der Waals surface area contributed by atoms with Gasteiger partial charge in [-0.15, -0.1) is 0 Å². The highest BCUT2D eigenvalue weighted by Gasteiger charge is 2.33. The minimum Gasteiger partial charge on any atom is -0.497 e. The first-order valence-electron chi connectivity index (χ1n) is 12.6. The van der Waals surface area contributed by atoms with Gasteiger partial charge in [-0.05, 0) is 60.9 Å². The van der Waals surface area contributed by atoms with Crippen LogP contribution in [0.2, 0.25) is 0 Å². The molecule has 0 radical (unpaired) electrons. The Bertz CT molecular complexity index is 1700.